The molecule has 0 spiro atoms. The lowest BCUT2D eigenvalue weighted by atomic mass is 9.90. The summed E-state index contributed by atoms with van der Waals surface area (Å²) in [5.41, 5.74) is 1.97. The van der Waals surface area contributed by atoms with Crippen LogP contribution >= 0.6 is 0 Å². The monoisotopic (exact) mass is 408 g/mol. The van der Waals surface area contributed by atoms with Crippen LogP contribution in [-0.4, -0.2) is 52.9 Å². The highest BCUT2D eigenvalue weighted by Crippen LogP contribution is 2.54. The third kappa shape index (κ3) is 3.86. The molecule has 160 valence electrons. The average molecular weight is 408 g/mol. The number of aliphatic hydroxyl groups is 2. The van der Waals surface area contributed by atoms with E-state index in [1.165, 1.54) is 42.7 Å². The molecule has 0 fully saturated rings. The van der Waals surface area contributed by atoms with Gasteiger partial charge in [0, 0.05) is 11.1 Å². The SMILES string of the molecule is COc1cc(CO)c(-c2c(C(C)O)cc(OC)c(OC)c2OC)c(OC)c1OC. The molecule has 0 aromatic heterocycles. The summed E-state index contributed by atoms with van der Waals surface area (Å²) in [6.07, 6.45) is -0.886. The van der Waals surface area contributed by atoms with E-state index in [0.29, 0.717) is 56.8 Å². The Morgan fingerprint density at radius 2 is 1.14 bits per heavy atom. The van der Waals surface area contributed by atoms with Crippen LogP contribution in [0.5, 0.6) is 34.5 Å². The average Bonchev–Trinajstić information content (AvgIpc) is 2.75. The zero-order valence-electron chi connectivity index (χ0n) is 17.8. The maximum absolute atomic E-state index is 10.5. The maximum atomic E-state index is 10.5. The molecule has 0 bridgehead atoms. The summed E-state index contributed by atoms with van der Waals surface area (Å²) in [5, 5.41) is 20.6. The zero-order valence-corrected chi connectivity index (χ0v) is 17.8. The Morgan fingerprint density at radius 1 is 0.690 bits per heavy atom. The van der Waals surface area contributed by atoms with Gasteiger partial charge in [0.2, 0.25) is 11.5 Å². The number of benzene rings is 2. The van der Waals surface area contributed by atoms with Crippen molar-refractivity contribution in [2.45, 2.75) is 19.6 Å². The van der Waals surface area contributed by atoms with Gasteiger partial charge in [0.05, 0.1) is 55.4 Å². The summed E-state index contributed by atoms with van der Waals surface area (Å²) >= 11 is 0. The van der Waals surface area contributed by atoms with Gasteiger partial charge in [-0.2, -0.15) is 0 Å². The van der Waals surface area contributed by atoms with E-state index < -0.39 is 6.10 Å². The summed E-state index contributed by atoms with van der Waals surface area (Å²) in [5.74, 6) is 2.13. The summed E-state index contributed by atoms with van der Waals surface area (Å²) in [6.45, 7) is 1.30. The van der Waals surface area contributed by atoms with Gasteiger partial charge in [0.15, 0.2) is 23.0 Å². The molecule has 2 N–H and O–H groups in total. The van der Waals surface area contributed by atoms with E-state index in [2.05, 4.69) is 0 Å². The highest BCUT2D eigenvalue weighted by atomic mass is 16.5. The Balaban J connectivity index is 3.11. The topological polar surface area (TPSA) is 95.8 Å². The molecule has 0 saturated heterocycles. The Labute approximate surface area is 170 Å². The molecule has 0 heterocycles. The van der Waals surface area contributed by atoms with Gasteiger partial charge in [-0.3, -0.25) is 0 Å². The van der Waals surface area contributed by atoms with E-state index in [1.54, 1.807) is 19.1 Å². The van der Waals surface area contributed by atoms with Crippen LogP contribution in [0.25, 0.3) is 11.1 Å². The third-order valence-electron chi connectivity index (χ3n) is 4.64. The van der Waals surface area contributed by atoms with E-state index in [1.807, 2.05) is 0 Å². The molecule has 2 aromatic rings. The first kappa shape index (κ1) is 22.4. The van der Waals surface area contributed by atoms with Crippen LogP contribution in [0.2, 0.25) is 0 Å². The summed E-state index contributed by atoms with van der Waals surface area (Å²) in [4.78, 5) is 0. The number of hydrogen-bond acceptors (Lipinski definition) is 8. The lowest BCUT2D eigenvalue weighted by Crippen LogP contribution is -2.07. The fourth-order valence-corrected chi connectivity index (χ4v) is 3.37. The van der Waals surface area contributed by atoms with Crippen molar-refractivity contribution in [3.63, 3.8) is 0 Å². The molecule has 8 heteroatoms. The van der Waals surface area contributed by atoms with E-state index in [9.17, 15) is 10.2 Å². The lowest BCUT2D eigenvalue weighted by molar-refractivity contribution is 0.198. The molecule has 0 saturated carbocycles. The Morgan fingerprint density at radius 3 is 1.52 bits per heavy atom. The highest BCUT2D eigenvalue weighted by molar-refractivity contribution is 5.88. The molecule has 2 rings (SSSR count). The van der Waals surface area contributed by atoms with E-state index >= 15 is 0 Å². The van der Waals surface area contributed by atoms with Crippen molar-refractivity contribution >= 4 is 0 Å². The van der Waals surface area contributed by atoms with Gasteiger partial charge in [0.25, 0.3) is 0 Å². The predicted molar refractivity (Wildman–Crippen MR) is 108 cm³/mol. The van der Waals surface area contributed by atoms with Crippen LogP contribution in [0.1, 0.15) is 24.2 Å². The molecular weight excluding hydrogens is 380 g/mol. The number of ether oxygens (including phenoxy) is 6. The highest BCUT2D eigenvalue weighted by Gasteiger charge is 2.30. The van der Waals surface area contributed by atoms with Crippen LogP contribution in [0.3, 0.4) is 0 Å². The van der Waals surface area contributed by atoms with Crippen molar-refractivity contribution in [2.24, 2.45) is 0 Å². The van der Waals surface area contributed by atoms with Crippen molar-refractivity contribution in [3.8, 4) is 45.6 Å². The second kappa shape index (κ2) is 9.58. The molecule has 29 heavy (non-hydrogen) atoms. The van der Waals surface area contributed by atoms with Gasteiger partial charge in [-0.15, -0.1) is 0 Å². The maximum Gasteiger partial charge on any atom is 0.203 e. The minimum Gasteiger partial charge on any atom is -0.493 e. The van der Waals surface area contributed by atoms with Crippen LogP contribution in [0, 0.1) is 0 Å². The van der Waals surface area contributed by atoms with Crippen molar-refractivity contribution in [3.05, 3.63) is 23.3 Å². The number of rotatable bonds is 9. The normalized spacial score (nSPS) is 11.6. The number of aliphatic hydroxyl groups excluding tert-OH is 2. The molecule has 0 amide bonds. The molecule has 0 aliphatic rings. The van der Waals surface area contributed by atoms with E-state index in [-0.39, 0.29) is 6.61 Å². The minimum atomic E-state index is -0.886. The third-order valence-corrected chi connectivity index (χ3v) is 4.64. The summed E-state index contributed by atoms with van der Waals surface area (Å²) in [7, 11) is 8.94. The van der Waals surface area contributed by atoms with Gasteiger partial charge in [-0.05, 0) is 30.2 Å². The first-order valence-electron chi connectivity index (χ1n) is 8.87. The first-order chi connectivity index (χ1) is 13.9. The van der Waals surface area contributed by atoms with Crippen molar-refractivity contribution < 1.29 is 38.6 Å². The van der Waals surface area contributed by atoms with Gasteiger partial charge in [-0.1, -0.05) is 0 Å². The minimum absolute atomic E-state index is 0.317. The Bertz CT molecular complexity index is 861. The van der Waals surface area contributed by atoms with E-state index in [0.717, 1.165) is 0 Å². The fraction of sp³-hybridized carbons (Fsp3) is 0.429. The van der Waals surface area contributed by atoms with Crippen LogP contribution in [0.15, 0.2) is 12.1 Å². The van der Waals surface area contributed by atoms with Gasteiger partial charge >= 0.3 is 0 Å². The molecule has 0 aliphatic carbocycles. The van der Waals surface area contributed by atoms with Gasteiger partial charge in [0.1, 0.15) is 0 Å². The van der Waals surface area contributed by atoms with Crippen molar-refractivity contribution in [1.29, 1.82) is 0 Å². The van der Waals surface area contributed by atoms with Gasteiger partial charge in [-0.25, -0.2) is 0 Å². The predicted octanol–water partition coefficient (Wildman–Crippen LogP) is 2.95. The molecule has 0 aliphatic heterocycles. The number of hydrogen-bond donors (Lipinski definition) is 2. The molecule has 8 nitrogen and oxygen atoms in total. The fourth-order valence-electron chi connectivity index (χ4n) is 3.37. The van der Waals surface area contributed by atoms with Crippen molar-refractivity contribution in [2.75, 3.05) is 42.7 Å². The Hall–Kier alpha value is -2.84. The smallest absolute Gasteiger partial charge is 0.203 e. The molecule has 1 unspecified atom stereocenters. The summed E-state index contributed by atoms with van der Waals surface area (Å²) in [6, 6.07) is 3.32. The standard InChI is InChI=1S/C21H28O8/c1-11(23)13-9-15(25-3)19(27-5)21(29-7)17(13)16-12(10-22)8-14(24-2)18(26-4)20(16)28-6/h8-9,11,22-23H,10H2,1-7H3. The number of methoxy groups -OCH3 is 6. The van der Waals surface area contributed by atoms with E-state index in [4.69, 9.17) is 28.4 Å². The second-order valence-corrected chi connectivity index (χ2v) is 6.12. The molecule has 1 atom stereocenters. The van der Waals surface area contributed by atoms with Crippen LogP contribution in [0.4, 0.5) is 0 Å². The lowest BCUT2D eigenvalue weighted by Gasteiger charge is -2.25. The molecule has 2 aromatic carbocycles. The summed E-state index contributed by atoms with van der Waals surface area (Å²) < 4.78 is 33.1. The van der Waals surface area contributed by atoms with Gasteiger partial charge < -0.3 is 38.6 Å². The molecule has 0 radical (unpaired) electrons. The van der Waals surface area contributed by atoms with Crippen LogP contribution < -0.4 is 28.4 Å². The zero-order chi connectivity index (χ0) is 21.7. The Kier molecular flexibility index (Phi) is 7.41. The second-order valence-electron chi connectivity index (χ2n) is 6.12. The van der Waals surface area contributed by atoms with Crippen LogP contribution in [-0.2, 0) is 6.61 Å². The molecular formula is C21H28O8. The van der Waals surface area contributed by atoms with Crippen molar-refractivity contribution in [1.82, 2.24) is 0 Å². The quantitative estimate of drug-likeness (QED) is 0.654. The largest absolute Gasteiger partial charge is 0.493 e. The first-order valence-corrected chi connectivity index (χ1v) is 8.87.